The molecule has 2 heterocycles. The van der Waals surface area contributed by atoms with Crippen molar-refractivity contribution in [3.05, 3.63) is 146 Å². The molecule has 0 atom stereocenters. The predicted molar refractivity (Wildman–Crippen MR) is 162 cm³/mol. The molecule has 0 fully saturated rings. The van der Waals surface area contributed by atoms with Crippen LogP contribution in [0.2, 0.25) is 0 Å². The van der Waals surface area contributed by atoms with Gasteiger partial charge < -0.3 is 4.81 Å². The van der Waals surface area contributed by atoms with Gasteiger partial charge in [0.15, 0.2) is 0 Å². The summed E-state index contributed by atoms with van der Waals surface area (Å²) in [6.45, 7) is 0.111. The maximum absolute atomic E-state index is 2.56. The molecule has 6 aromatic rings. The molecule has 1 nitrogen and oxygen atoms in total. The smallest absolute Gasteiger partial charge is 0.329 e. The van der Waals surface area contributed by atoms with Gasteiger partial charge in [0.05, 0.1) is 0 Å². The number of rotatable bonds is 2. The minimum absolute atomic E-state index is 0.111. The number of hydrogen-bond donors (Lipinski definition) is 0. The second-order valence-electron chi connectivity index (χ2n) is 10.1. The van der Waals surface area contributed by atoms with Gasteiger partial charge in [0.25, 0.3) is 0 Å². The second kappa shape index (κ2) is 8.36. The van der Waals surface area contributed by atoms with Gasteiger partial charge in [-0.25, -0.2) is 0 Å². The molecule has 6 aromatic carbocycles. The van der Waals surface area contributed by atoms with Crippen LogP contribution in [-0.2, 0) is 0 Å². The average molecular weight is 481 g/mol. The van der Waals surface area contributed by atoms with Gasteiger partial charge in [0.1, 0.15) is 0 Å². The van der Waals surface area contributed by atoms with Gasteiger partial charge in [0.2, 0.25) is 0 Å². The molecule has 176 valence electrons. The normalized spacial score (nSPS) is 12.6. The van der Waals surface area contributed by atoms with E-state index in [0.717, 1.165) is 0 Å². The van der Waals surface area contributed by atoms with Crippen molar-refractivity contribution in [2.75, 3.05) is 4.81 Å². The first-order chi connectivity index (χ1) is 18.9. The van der Waals surface area contributed by atoms with E-state index in [2.05, 4.69) is 150 Å². The van der Waals surface area contributed by atoms with Crippen LogP contribution in [0.3, 0.4) is 0 Å². The molecule has 0 N–H and O–H groups in total. The molecule has 8 rings (SSSR count). The molecule has 0 aliphatic carbocycles. The van der Waals surface area contributed by atoms with E-state index in [-0.39, 0.29) is 6.85 Å². The first kappa shape index (κ1) is 21.3. The summed E-state index contributed by atoms with van der Waals surface area (Å²) in [5, 5.41) is 0. The zero-order valence-electron chi connectivity index (χ0n) is 20.9. The van der Waals surface area contributed by atoms with Crippen LogP contribution in [0.15, 0.2) is 146 Å². The lowest BCUT2D eigenvalue weighted by Crippen LogP contribution is -2.59. The fourth-order valence-corrected chi connectivity index (χ4v) is 6.35. The molecular weight excluding hydrogens is 457 g/mol. The van der Waals surface area contributed by atoms with Crippen LogP contribution in [0.4, 0.5) is 11.4 Å². The molecule has 0 radical (unpaired) electrons. The van der Waals surface area contributed by atoms with E-state index in [9.17, 15) is 0 Å². The van der Waals surface area contributed by atoms with Gasteiger partial charge in [-0.15, -0.1) is 0 Å². The SMILES string of the molecule is c1ccc(-c2ccc3c(c2)-c2ccccc2N2B3c3ccc(-c4ccccc4)cc3-c3ccccc32)cc1. The van der Waals surface area contributed by atoms with Crippen molar-refractivity contribution in [1.29, 1.82) is 0 Å². The Balaban J connectivity index is 1.40. The minimum Gasteiger partial charge on any atom is -0.376 e. The lowest BCUT2D eigenvalue weighted by Gasteiger charge is -2.43. The number of fused-ring (bicyclic) bond motifs is 11. The van der Waals surface area contributed by atoms with Crippen LogP contribution in [0, 0.1) is 0 Å². The Bertz CT molecular complexity index is 1690. The summed E-state index contributed by atoms with van der Waals surface area (Å²) >= 11 is 0. The van der Waals surface area contributed by atoms with Gasteiger partial charge in [-0.05, 0) is 68.6 Å². The molecule has 0 saturated heterocycles. The average Bonchev–Trinajstić information content (AvgIpc) is 3.01. The van der Waals surface area contributed by atoms with E-state index < -0.39 is 0 Å². The fourth-order valence-electron chi connectivity index (χ4n) is 6.35. The Labute approximate surface area is 223 Å². The Kier molecular flexibility index (Phi) is 4.68. The highest BCUT2D eigenvalue weighted by molar-refractivity contribution is 6.92. The quantitative estimate of drug-likeness (QED) is 0.227. The largest absolute Gasteiger partial charge is 0.376 e. The fraction of sp³-hybridized carbons (Fsp3) is 0. The molecular formula is C36H24BN. The number of benzene rings is 6. The first-order valence-corrected chi connectivity index (χ1v) is 13.2. The molecule has 2 aliphatic rings. The van der Waals surface area contributed by atoms with Crippen molar-refractivity contribution in [2.24, 2.45) is 0 Å². The van der Waals surface area contributed by atoms with Gasteiger partial charge in [-0.1, -0.05) is 121 Å². The number of para-hydroxylation sites is 2. The zero-order chi connectivity index (χ0) is 25.1. The highest BCUT2D eigenvalue weighted by Gasteiger charge is 2.42. The standard InChI is InChI=1S/C36H24BN/c1-3-11-25(12-4-1)27-19-21-33-31(23-27)29-15-7-9-17-35(29)38-36-18-10-8-16-30(36)32-24-28(20-22-34(32)37(33)38)26-13-5-2-6-14-26/h1-24H. The minimum atomic E-state index is 0.111. The van der Waals surface area contributed by atoms with Crippen molar-refractivity contribution < 1.29 is 0 Å². The van der Waals surface area contributed by atoms with E-state index in [1.165, 1.54) is 66.8 Å². The topological polar surface area (TPSA) is 3.24 Å². The summed E-state index contributed by atoms with van der Waals surface area (Å²) in [5.41, 5.74) is 15.5. The van der Waals surface area contributed by atoms with Gasteiger partial charge in [-0.2, -0.15) is 0 Å². The Hall–Kier alpha value is -4.82. The maximum Gasteiger partial charge on any atom is 0.329 e. The third-order valence-electron chi connectivity index (χ3n) is 8.08. The summed E-state index contributed by atoms with van der Waals surface area (Å²) in [5.74, 6) is 0. The van der Waals surface area contributed by atoms with Gasteiger partial charge in [-0.3, -0.25) is 0 Å². The van der Waals surface area contributed by atoms with Gasteiger partial charge >= 0.3 is 6.85 Å². The summed E-state index contributed by atoms with van der Waals surface area (Å²) in [6, 6.07) is 53.2. The van der Waals surface area contributed by atoms with E-state index in [1.807, 2.05) is 0 Å². The lowest BCUT2D eigenvalue weighted by molar-refractivity contribution is 1.35. The zero-order valence-corrected chi connectivity index (χ0v) is 20.9. The number of hydrogen-bond acceptors (Lipinski definition) is 1. The van der Waals surface area contributed by atoms with Gasteiger partial charge in [0, 0.05) is 22.5 Å². The van der Waals surface area contributed by atoms with Crippen LogP contribution in [0.1, 0.15) is 0 Å². The highest BCUT2D eigenvalue weighted by atomic mass is 15.1. The molecule has 2 aliphatic heterocycles. The summed E-state index contributed by atoms with van der Waals surface area (Å²) in [4.78, 5) is 2.56. The van der Waals surface area contributed by atoms with Crippen LogP contribution in [0.5, 0.6) is 0 Å². The molecule has 0 spiro atoms. The van der Waals surface area contributed by atoms with Crippen molar-refractivity contribution in [2.45, 2.75) is 0 Å². The van der Waals surface area contributed by atoms with E-state index in [1.54, 1.807) is 0 Å². The third-order valence-corrected chi connectivity index (χ3v) is 8.08. The molecule has 0 aromatic heterocycles. The van der Waals surface area contributed by atoms with Crippen LogP contribution in [-0.4, -0.2) is 6.85 Å². The van der Waals surface area contributed by atoms with Crippen molar-refractivity contribution >= 4 is 29.1 Å². The summed E-state index contributed by atoms with van der Waals surface area (Å²) in [6.07, 6.45) is 0. The van der Waals surface area contributed by atoms with E-state index in [4.69, 9.17) is 0 Å². The first-order valence-electron chi connectivity index (χ1n) is 13.2. The Morgan fingerprint density at radius 1 is 0.342 bits per heavy atom. The number of nitrogens with zero attached hydrogens (tertiary/aromatic N) is 1. The summed E-state index contributed by atoms with van der Waals surface area (Å²) < 4.78 is 0. The monoisotopic (exact) mass is 481 g/mol. The van der Waals surface area contributed by atoms with Crippen LogP contribution >= 0.6 is 0 Å². The second-order valence-corrected chi connectivity index (χ2v) is 10.1. The molecule has 2 heteroatoms. The van der Waals surface area contributed by atoms with Crippen molar-refractivity contribution in [1.82, 2.24) is 0 Å². The van der Waals surface area contributed by atoms with E-state index >= 15 is 0 Å². The maximum atomic E-state index is 2.56. The van der Waals surface area contributed by atoms with Crippen LogP contribution < -0.4 is 15.7 Å². The highest BCUT2D eigenvalue weighted by Crippen LogP contribution is 2.46. The molecule has 0 amide bonds. The van der Waals surface area contributed by atoms with Crippen molar-refractivity contribution in [3.63, 3.8) is 0 Å². The summed E-state index contributed by atoms with van der Waals surface area (Å²) in [7, 11) is 0. The van der Waals surface area contributed by atoms with Crippen molar-refractivity contribution in [3.8, 4) is 44.5 Å². The lowest BCUT2D eigenvalue weighted by atomic mass is 9.43. The predicted octanol–water partition coefficient (Wildman–Crippen LogP) is 7.93. The molecule has 0 unspecified atom stereocenters. The molecule has 0 bridgehead atoms. The molecule has 38 heavy (non-hydrogen) atoms. The molecule has 0 saturated carbocycles. The Morgan fingerprint density at radius 2 is 0.763 bits per heavy atom. The van der Waals surface area contributed by atoms with Crippen LogP contribution in [0.25, 0.3) is 44.5 Å². The third kappa shape index (κ3) is 3.14. The number of anilines is 2. The Morgan fingerprint density at radius 3 is 1.24 bits per heavy atom. The van der Waals surface area contributed by atoms with E-state index in [0.29, 0.717) is 0 Å².